The van der Waals surface area contributed by atoms with Gasteiger partial charge in [0.05, 0.1) is 17.6 Å². The van der Waals surface area contributed by atoms with Crippen molar-refractivity contribution in [3.8, 4) is 0 Å². The second-order valence-corrected chi connectivity index (χ2v) is 4.97. The Hall–Kier alpha value is -1.39. The van der Waals surface area contributed by atoms with Crippen LogP contribution in [0.1, 0.15) is 38.2 Å². The first kappa shape index (κ1) is 14.0. The van der Waals surface area contributed by atoms with E-state index in [0.29, 0.717) is 12.6 Å². The van der Waals surface area contributed by atoms with Crippen LogP contribution in [0, 0.1) is 0 Å². The fraction of sp³-hybridized carbons (Fsp3) is 0.533. The van der Waals surface area contributed by atoms with Crippen LogP contribution in [0.3, 0.4) is 0 Å². The molecule has 0 radical (unpaired) electrons. The van der Waals surface area contributed by atoms with E-state index in [0.717, 1.165) is 36.5 Å². The maximum absolute atomic E-state index is 5.69. The Morgan fingerprint density at radius 1 is 1.37 bits per heavy atom. The van der Waals surface area contributed by atoms with Gasteiger partial charge in [0, 0.05) is 25.6 Å². The van der Waals surface area contributed by atoms with Gasteiger partial charge in [-0.25, -0.2) is 4.98 Å². The molecule has 0 aliphatic carbocycles. The van der Waals surface area contributed by atoms with Crippen molar-refractivity contribution in [1.29, 1.82) is 0 Å². The zero-order valence-corrected chi connectivity index (χ0v) is 12.0. The number of benzene rings is 1. The van der Waals surface area contributed by atoms with Crippen LogP contribution >= 0.6 is 0 Å². The molecular weight excluding hydrogens is 238 g/mol. The van der Waals surface area contributed by atoms with E-state index in [1.54, 1.807) is 0 Å². The summed E-state index contributed by atoms with van der Waals surface area (Å²) in [5.41, 5.74) is 9.02. The van der Waals surface area contributed by atoms with Crippen molar-refractivity contribution in [1.82, 2.24) is 9.55 Å². The number of nitrogens with zero attached hydrogens (tertiary/aromatic N) is 2. The molecule has 2 aromatic rings. The van der Waals surface area contributed by atoms with E-state index in [1.807, 2.05) is 6.92 Å². The zero-order chi connectivity index (χ0) is 13.8. The topological polar surface area (TPSA) is 53.1 Å². The summed E-state index contributed by atoms with van der Waals surface area (Å²) in [6.07, 6.45) is 0.846. The molecule has 0 spiro atoms. The van der Waals surface area contributed by atoms with Crippen LogP contribution in [0.15, 0.2) is 18.2 Å². The Morgan fingerprint density at radius 2 is 2.16 bits per heavy atom. The van der Waals surface area contributed by atoms with Crippen LogP contribution in [0.5, 0.6) is 0 Å². The Bertz CT molecular complexity index is 546. The van der Waals surface area contributed by atoms with Crippen LogP contribution in [-0.2, 0) is 17.7 Å². The third-order valence-corrected chi connectivity index (χ3v) is 3.25. The fourth-order valence-electron chi connectivity index (χ4n) is 2.38. The molecule has 2 N–H and O–H groups in total. The van der Waals surface area contributed by atoms with Crippen LogP contribution in [0.25, 0.3) is 11.0 Å². The lowest BCUT2D eigenvalue weighted by Gasteiger charge is -2.13. The van der Waals surface area contributed by atoms with Crippen molar-refractivity contribution < 1.29 is 4.74 Å². The molecule has 0 amide bonds. The summed E-state index contributed by atoms with van der Waals surface area (Å²) >= 11 is 0. The van der Waals surface area contributed by atoms with Gasteiger partial charge in [-0.15, -0.1) is 0 Å². The number of aromatic nitrogens is 2. The summed E-state index contributed by atoms with van der Waals surface area (Å²) in [7, 11) is 0. The Kier molecular flexibility index (Phi) is 4.56. The van der Waals surface area contributed by atoms with Gasteiger partial charge in [0.2, 0.25) is 0 Å². The molecule has 1 aromatic heterocycles. The first-order valence-electron chi connectivity index (χ1n) is 6.95. The monoisotopic (exact) mass is 261 g/mol. The maximum atomic E-state index is 5.69. The lowest BCUT2D eigenvalue weighted by atomic mass is 10.2. The zero-order valence-electron chi connectivity index (χ0n) is 12.0. The second kappa shape index (κ2) is 6.17. The second-order valence-electron chi connectivity index (χ2n) is 4.97. The number of nitrogens with two attached hydrogens (primary N) is 1. The van der Waals surface area contributed by atoms with Gasteiger partial charge in [0.1, 0.15) is 5.82 Å². The lowest BCUT2D eigenvalue weighted by Crippen LogP contribution is -2.09. The average molecular weight is 261 g/mol. The van der Waals surface area contributed by atoms with E-state index in [1.165, 1.54) is 5.52 Å². The van der Waals surface area contributed by atoms with Crippen molar-refractivity contribution in [3.05, 3.63) is 29.6 Å². The smallest absolute Gasteiger partial charge is 0.112 e. The molecule has 0 saturated heterocycles. The molecule has 4 nitrogen and oxygen atoms in total. The van der Waals surface area contributed by atoms with Gasteiger partial charge in [0.15, 0.2) is 0 Å². The van der Waals surface area contributed by atoms with E-state index in [-0.39, 0.29) is 0 Å². The van der Waals surface area contributed by atoms with Crippen molar-refractivity contribution in [2.45, 2.75) is 39.8 Å². The fourth-order valence-corrected chi connectivity index (χ4v) is 2.38. The first-order chi connectivity index (χ1) is 9.17. The predicted octanol–water partition coefficient (Wildman–Crippen LogP) is 2.65. The highest BCUT2D eigenvalue weighted by molar-refractivity contribution is 5.77. The van der Waals surface area contributed by atoms with E-state index < -0.39 is 0 Å². The van der Waals surface area contributed by atoms with Crippen molar-refractivity contribution >= 4 is 11.0 Å². The normalized spacial score (nSPS) is 11.6. The number of fused-ring (bicyclic) bond motifs is 1. The molecule has 104 valence electrons. The summed E-state index contributed by atoms with van der Waals surface area (Å²) in [4.78, 5) is 4.74. The van der Waals surface area contributed by atoms with Gasteiger partial charge in [-0.05, 0) is 38.5 Å². The highest BCUT2D eigenvalue weighted by atomic mass is 16.5. The van der Waals surface area contributed by atoms with Crippen LogP contribution in [-0.4, -0.2) is 22.8 Å². The van der Waals surface area contributed by atoms with Gasteiger partial charge in [0.25, 0.3) is 0 Å². The molecule has 0 aliphatic rings. The Balaban J connectivity index is 2.40. The van der Waals surface area contributed by atoms with Gasteiger partial charge in [-0.3, -0.25) is 0 Å². The average Bonchev–Trinajstić information content (AvgIpc) is 2.76. The molecule has 2 rings (SSSR count). The van der Waals surface area contributed by atoms with E-state index in [2.05, 4.69) is 36.6 Å². The Labute approximate surface area is 114 Å². The summed E-state index contributed by atoms with van der Waals surface area (Å²) in [6.45, 7) is 8.40. The highest BCUT2D eigenvalue weighted by Crippen LogP contribution is 2.22. The quantitative estimate of drug-likeness (QED) is 0.813. The standard InChI is InChI=1S/C15H23N3O/c1-4-19-8-7-15-17-13-9-12(10-16)5-6-14(13)18(15)11(2)3/h5-6,9,11H,4,7-8,10,16H2,1-3H3. The minimum Gasteiger partial charge on any atom is -0.381 e. The highest BCUT2D eigenvalue weighted by Gasteiger charge is 2.13. The van der Waals surface area contributed by atoms with Crippen LogP contribution in [0.2, 0.25) is 0 Å². The molecule has 4 heteroatoms. The summed E-state index contributed by atoms with van der Waals surface area (Å²) in [5.74, 6) is 1.09. The van der Waals surface area contributed by atoms with E-state index in [9.17, 15) is 0 Å². The molecule has 0 bridgehead atoms. The minimum atomic E-state index is 0.394. The first-order valence-corrected chi connectivity index (χ1v) is 6.95. The van der Waals surface area contributed by atoms with Gasteiger partial charge in [-0.2, -0.15) is 0 Å². The summed E-state index contributed by atoms with van der Waals surface area (Å²) < 4.78 is 7.73. The molecular formula is C15H23N3O. The third kappa shape index (κ3) is 2.96. The lowest BCUT2D eigenvalue weighted by molar-refractivity contribution is 0.148. The van der Waals surface area contributed by atoms with Crippen molar-refractivity contribution in [2.24, 2.45) is 5.73 Å². The largest absolute Gasteiger partial charge is 0.381 e. The molecule has 1 heterocycles. The maximum Gasteiger partial charge on any atom is 0.112 e. The number of imidazole rings is 1. The molecule has 0 fully saturated rings. The molecule has 19 heavy (non-hydrogen) atoms. The van der Waals surface area contributed by atoms with E-state index in [4.69, 9.17) is 15.5 Å². The molecule has 0 unspecified atom stereocenters. The Morgan fingerprint density at radius 3 is 2.79 bits per heavy atom. The predicted molar refractivity (Wildman–Crippen MR) is 78.2 cm³/mol. The molecule has 0 saturated carbocycles. The summed E-state index contributed by atoms with van der Waals surface area (Å²) in [5, 5.41) is 0. The van der Waals surface area contributed by atoms with Gasteiger partial charge in [-0.1, -0.05) is 6.07 Å². The third-order valence-electron chi connectivity index (χ3n) is 3.25. The summed E-state index contributed by atoms with van der Waals surface area (Å²) in [6, 6.07) is 6.67. The van der Waals surface area contributed by atoms with E-state index >= 15 is 0 Å². The van der Waals surface area contributed by atoms with Crippen molar-refractivity contribution in [2.75, 3.05) is 13.2 Å². The molecule has 0 aliphatic heterocycles. The number of rotatable bonds is 6. The number of ether oxygens (including phenoxy) is 1. The number of hydrogen-bond donors (Lipinski definition) is 1. The van der Waals surface area contributed by atoms with Gasteiger partial charge >= 0.3 is 0 Å². The molecule has 0 atom stereocenters. The van der Waals surface area contributed by atoms with Gasteiger partial charge < -0.3 is 15.0 Å². The number of hydrogen-bond acceptors (Lipinski definition) is 3. The molecule has 1 aromatic carbocycles. The van der Waals surface area contributed by atoms with Crippen LogP contribution < -0.4 is 5.73 Å². The van der Waals surface area contributed by atoms with Crippen LogP contribution in [0.4, 0.5) is 0 Å². The SMILES string of the molecule is CCOCCc1nc2cc(CN)ccc2n1C(C)C. The minimum absolute atomic E-state index is 0.394. The van der Waals surface area contributed by atoms with Crippen molar-refractivity contribution in [3.63, 3.8) is 0 Å².